The Kier molecular flexibility index (Phi) is 3.78. The van der Waals surface area contributed by atoms with Gasteiger partial charge in [0.05, 0.1) is 17.9 Å². The molecule has 2 aromatic rings. The molecule has 0 saturated heterocycles. The lowest BCUT2D eigenvalue weighted by molar-refractivity contribution is -0.141. The zero-order chi connectivity index (χ0) is 17.7. The minimum absolute atomic E-state index is 0.0613. The van der Waals surface area contributed by atoms with Gasteiger partial charge in [-0.3, -0.25) is 9.25 Å². The van der Waals surface area contributed by atoms with E-state index in [1.54, 1.807) is 20.0 Å². The standard InChI is InChI=1S/C15H18F3N5O/c1-14(2,19)8-23-11(7-12(21-23)15(16,17)18)10-5-6-22(9-3-4-9)13(24)20-10/h5-7,9H,3-4,8,19H2,1-2H3. The molecule has 1 saturated carbocycles. The topological polar surface area (TPSA) is 78.7 Å². The van der Waals surface area contributed by atoms with Crippen LogP contribution in [0.25, 0.3) is 11.4 Å². The Morgan fingerprint density at radius 3 is 2.50 bits per heavy atom. The van der Waals surface area contributed by atoms with E-state index >= 15 is 0 Å². The van der Waals surface area contributed by atoms with Crippen LogP contribution in [0.15, 0.2) is 23.1 Å². The molecule has 24 heavy (non-hydrogen) atoms. The van der Waals surface area contributed by atoms with Crippen molar-refractivity contribution in [3.63, 3.8) is 0 Å². The second-order valence-corrected chi connectivity index (χ2v) is 6.79. The molecular formula is C15H18F3N5O. The molecule has 3 rings (SSSR count). The van der Waals surface area contributed by atoms with Crippen LogP contribution in [0.4, 0.5) is 13.2 Å². The quantitative estimate of drug-likeness (QED) is 0.925. The van der Waals surface area contributed by atoms with E-state index in [0.29, 0.717) is 0 Å². The first-order valence-corrected chi connectivity index (χ1v) is 7.58. The summed E-state index contributed by atoms with van der Waals surface area (Å²) in [6, 6.07) is 2.59. The van der Waals surface area contributed by atoms with Crippen LogP contribution >= 0.6 is 0 Å². The first-order valence-electron chi connectivity index (χ1n) is 7.58. The number of halogens is 3. The van der Waals surface area contributed by atoms with Crippen LogP contribution < -0.4 is 11.4 Å². The fourth-order valence-electron chi connectivity index (χ4n) is 2.45. The van der Waals surface area contributed by atoms with E-state index in [-0.39, 0.29) is 24.0 Å². The molecule has 0 aliphatic heterocycles. The number of nitrogens with zero attached hydrogens (tertiary/aromatic N) is 4. The van der Waals surface area contributed by atoms with Crippen LogP contribution in [0.3, 0.4) is 0 Å². The largest absolute Gasteiger partial charge is 0.435 e. The SMILES string of the molecule is CC(C)(N)Cn1nc(C(F)(F)F)cc1-c1ccn(C2CC2)c(=O)n1. The Balaban J connectivity index is 2.06. The molecule has 9 heteroatoms. The van der Waals surface area contributed by atoms with Crippen molar-refractivity contribution in [3.8, 4) is 11.4 Å². The molecule has 0 atom stereocenters. The summed E-state index contributed by atoms with van der Waals surface area (Å²) in [6.07, 6.45) is -1.18. The summed E-state index contributed by atoms with van der Waals surface area (Å²) >= 11 is 0. The maximum atomic E-state index is 13.0. The number of hydrogen-bond acceptors (Lipinski definition) is 4. The highest BCUT2D eigenvalue weighted by Crippen LogP contribution is 2.34. The summed E-state index contributed by atoms with van der Waals surface area (Å²) < 4.78 is 41.6. The van der Waals surface area contributed by atoms with Crippen LogP contribution in [0.5, 0.6) is 0 Å². The monoisotopic (exact) mass is 341 g/mol. The minimum atomic E-state index is -4.58. The van der Waals surface area contributed by atoms with Crippen molar-refractivity contribution in [1.82, 2.24) is 19.3 Å². The predicted octanol–water partition coefficient (Wildman–Crippen LogP) is 2.20. The molecule has 1 aliphatic rings. The summed E-state index contributed by atoms with van der Waals surface area (Å²) in [7, 11) is 0. The molecule has 2 N–H and O–H groups in total. The first kappa shape index (κ1) is 16.7. The van der Waals surface area contributed by atoms with Crippen molar-refractivity contribution in [2.45, 2.75) is 51.0 Å². The lowest BCUT2D eigenvalue weighted by Crippen LogP contribution is -2.37. The molecule has 0 spiro atoms. The Hall–Kier alpha value is -2.16. The molecule has 0 radical (unpaired) electrons. The van der Waals surface area contributed by atoms with Gasteiger partial charge in [-0.05, 0) is 38.8 Å². The van der Waals surface area contributed by atoms with Gasteiger partial charge in [-0.2, -0.15) is 23.3 Å². The van der Waals surface area contributed by atoms with E-state index in [4.69, 9.17) is 5.73 Å². The lowest BCUT2D eigenvalue weighted by Gasteiger charge is -2.19. The van der Waals surface area contributed by atoms with Crippen LogP contribution in [0, 0.1) is 0 Å². The van der Waals surface area contributed by atoms with Gasteiger partial charge in [-0.25, -0.2) is 4.79 Å². The smallest absolute Gasteiger partial charge is 0.324 e. The molecule has 2 aromatic heterocycles. The van der Waals surface area contributed by atoms with Gasteiger partial charge in [0.15, 0.2) is 5.69 Å². The van der Waals surface area contributed by atoms with Crippen LogP contribution in [0.2, 0.25) is 0 Å². The fourth-order valence-corrected chi connectivity index (χ4v) is 2.45. The molecular weight excluding hydrogens is 323 g/mol. The Bertz CT molecular complexity index is 812. The Morgan fingerprint density at radius 1 is 1.33 bits per heavy atom. The fraction of sp³-hybridized carbons (Fsp3) is 0.533. The van der Waals surface area contributed by atoms with Gasteiger partial charge < -0.3 is 5.73 Å². The third-order valence-corrected chi connectivity index (χ3v) is 3.66. The third-order valence-electron chi connectivity index (χ3n) is 3.66. The number of hydrogen-bond donors (Lipinski definition) is 1. The van der Waals surface area contributed by atoms with Crippen molar-refractivity contribution >= 4 is 0 Å². The molecule has 1 aliphatic carbocycles. The van der Waals surface area contributed by atoms with Gasteiger partial charge in [0.2, 0.25) is 0 Å². The van der Waals surface area contributed by atoms with Crippen LogP contribution in [0.1, 0.15) is 38.4 Å². The van der Waals surface area contributed by atoms with Gasteiger partial charge >= 0.3 is 11.9 Å². The molecule has 130 valence electrons. The average Bonchev–Trinajstić information content (AvgIpc) is 3.17. The highest BCUT2D eigenvalue weighted by Gasteiger charge is 2.36. The zero-order valence-electron chi connectivity index (χ0n) is 13.3. The summed E-state index contributed by atoms with van der Waals surface area (Å²) in [5.74, 6) is 0. The van der Waals surface area contributed by atoms with E-state index in [2.05, 4.69) is 10.1 Å². The number of aromatic nitrogens is 4. The predicted molar refractivity (Wildman–Crippen MR) is 81.3 cm³/mol. The Morgan fingerprint density at radius 2 is 2.00 bits per heavy atom. The van der Waals surface area contributed by atoms with E-state index in [1.807, 2.05) is 0 Å². The molecule has 0 unspecified atom stereocenters. The number of nitrogens with two attached hydrogens (primary N) is 1. The second kappa shape index (κ2) is 5.44. The molecule has 2 heterocycles. The van der Waals surface area contributed by atoms with Gasteiger partial charge in [-0.15, -0.1) is 0 Å². The molecule has 0 bridgehead atoms. The highest BCUT2D eigenvalue weighted by molar-refractivity contribution is 5.54. The average molecular weight is 341 g/mol. The zero-order valence-corrected chi connectivity index (χ0v) is 13.3. The third kappa shape index (κ3) is 3.50. The van der Waals surface area contributed by atoms with Crippen LogP contribution in [-0.4, -0.2) is 24.9 Å². The normalized spacial score (nSPS) is 15.8. The van der Waals surface area contributed by atoms with E-state index in [9.17, 15) is 18.0 Å². The molecule has 0 amide bonds. The Labute approximate surface area is 136 Å². The summed E-state index contributed by atoms with van der Waals surface area (Å²) in [5, 5.41) is 3.61. The van der Waals surface area contributed by atoms with Gasteiger partial charge in [0.25, 0.3) is 0 Å². The maximum Gasteiger partial charge on any atom is 0.435 e. The minimum Gasteiger partial charge on any atom is -0.324 e. The maximum absolute atomic E-state index is 13.0. The van der Waals surface area contributed by atoms with Gasteiger partial charge in [-0.1, -0.05) is 0 Å². The van der Waals surface area contributed by atoms with Crippen molar-refractivity contribution in [1.29, 1.82) is 0 Å². The van der Waals surface area contributed by atoms with E-state index in [0.717, 1.165) is 23.6 Å². The number of alkyl halides is 3. The number of rotatable bonds is 4. The molecule has 1 fully saturated rings. The van der Waals surface area contributed by atoms with E-state index in [1.165, 1.54) is 10.6 Å². The van der Waals surface area contributed by atoms with Gasteiger partial charge in [0.1, 0.15) is 0 Å². The van der Waals surface area contributed by atoms with Crippen LogP contribution in [-0.2, 0) is 12.7 Å². The summed E-state index contributed by atoms with van der Waals surface area (Å²) in [5.41, 5.74) is 3.92. The van der Waals surface area contributed by atoms with E-state index < -0.39 is 23.1 Å². The lowest BCUT2D eigenvalue weighted by atomic mass is 10.1. The molecule has 0 aromatic carbocycles. The van der Waals surface area contributed by atoms with Crippen molar-refractivity contribution < 1.29 is 13.2 Å². The van der Waals surface area contributed by atoms with Crippen molar-refractivity contribution in [2.24, 2.45) is 5.73 Å². The van der Waals surface area contributed by atoms with Crippen molar-refractivity contribution in [2.75, 3.05) is 0 Å². The summed E-state index contributed by atoms with van der Waals surface area (Å²) in [4.78, 5) is 16.0. The highest BCUT2D eigenvalue weighted by atomic mass is 19.4. The summed E-state index contributed by atoms with van der Waals surface area (Å²) in [6.45, 7) is 3.43. The molecule has 6 nitrogen and oxygen atoms in total. The van der Waals surface area contributed by atoms with Gasteiger partial charge in [0, 0.05) is 17.8 Å². The first-order chi connectivity index (χ1) is 11.0. The van der Waals surface area contributed by atoms with Crippen molar-refractivity contribution in [3.05, 3.63) is 34.5 Å². The second-order valence-electron chi connectivity index (χ2n) is 6.79.